The van der Waals surface area contributed by atoms with Gasteiger partial charge >= 0.3 is 0 Å². The maximum absolute atomic E-state index is 11.0. The number of nitrogens with one attached hydrogen (secondary N) is 1. The molecule has 0 aliphatic rings. The van der Waals surface area contributed by atoms with E-state index in [-0.39, 0.29) is 17.1 Å². The third kappa shape index (κ3) is 4.88. The fraction of sp³-hybridized carbons (Fsp3) is 0.778. The van der Waals surface area contributed by atoms with E-state index in [4.69, 9.17) is 0 Å². The van der Waals surface area contributed by atoms with E-state index in [1.165, 1.54) is 0 Å². The van der Waals surface area contributed by atoms with Gasteiger partial charge in [0.15, 0.2) is 0 Å². The van der Waals surface area contributed by atoms with Crippen LogP contribution in [0.15, 0.2) is 0 Å². The van der Waals surface area contributed by atoms with Crippen LogP contribution in [0.2, 0.25) is 0 Å². The fourth-order valence-corrected chi connectivity index (χ4v) is 1.26. The Hall–Kier alpha value is -0.860. The van der Waals surface area contributed by atoms with Gasteiger partial charge < -0.3 is 10.1 Å². The molecule has 0 aromatic heterocycles. The van der Waals surface area contributed by atoms with E-state index in [1.807, 2.05) is 13.8 Å². The predicted molar refractivity (Wildman–Crippen MR) is 47.8 cm³/mol. The third-order valence-corrected chi connectivity index (χ3v) is 1.65. The van der Waals surface area contributed by atoms with Gasteiger partial charge in [0.05, 0.1) is 0 Å². The van der Waals surface area contributed by atoms with Crippen molar-refractivity contribution in [2.45, 2.75) is 33.6 Å². The molecule has 0 rings (SSSR count). The highest BCUT2D eigenvalue weighted by atomic mass is 16.1. The first-order valence-electron chi connectivity index (χ1n) is 4.07. The third-order valence-electron chi connectivity index (χ3n) is 1.65. The van der Waals surface area contributed by atoms with E-state index < -0.39 is 0 Å². The van der Waals surface area contributed by atoms with Crippen LogP contribution in [-0.4, -0.2) is 18.7 Å². The quantitative estimate of drug-likeness (QED) is 0.689. The smallest absolute Gasteiger partial charge is 0.220 e. The lowest BCUT2D eigenvalue weighted by molar-refractivity contribution is -0.124. The summed E-state index contributed by atoms with van der Waals surface area (Å²) >= 11 is 0. The Kier molecular flexibility index (Phi) is 3.93. The standard InChI is InChI=1S/C9H17NO2/c1-7(11)5-9(2,3)6-8(12)10-4/h5-6H2,1-4H3,(H,10,12). The van der Waals surface area contributed by atoms with Gasteiger partial charge in [0, 0.05) is 19.9 Å². The lowest BCUT2D eigenvalue weighted by atomic mass is 9.84. The molecular weight excluding hydrogens is 154 g/mol. The highest BCUT2D eigenvalue weighted by Gasteiger charge is 2.22. The molecule has 0 spiro atoms. The van der Waals surface area contributed by atoms with E-state index >= 15 is 0 Å². The van der Waals surface area contributed by atoms with Crippen molar-refractivity contribution in [3.63, 3.8) is 0 Å². The first kappa shape index (κ1) is 11.1. The van der Waals surface area contributed by atoms with Crippen LogP contribution >= 0.6 is 0 Å². The summed E-state index contributed by atoms with van der Waals surface area (Å²) in [5.41, 5.74) is -0.216. The Morgan fingerprint density at radius 3 is 2.08 bits per heavy atom. The van der Waals surface area contributed by atoms with Gasteiger partial charge in [0.25, 0.3) is 0 Å². The van der Waals surface area contributed by atoms with Gasteiger partial charge in [-0.3, -0.25) is 4.79 Å². The molecule has 0 bridgehead atoms. The number of hydrogen-bond acceptors (Lipinski definition) is 2. The molecule has 0 fully saturated rings. The van der Waals surface area contributed by atoms with Crippen LogP contribution < -0.4 is 5.32 Å². The van der Waals surface area contributed by atoms with Crippen molar-refractivity contribution >= 4 is 11.7 Å². The second kappa shape index (κ2) is 4.24. The Morgan fingerprint density at radius 2 is 1.75 bits per heavy atom. The molecule has 3 heteroatoms. The Balaban J connectivity index is 4.03. The van der Waals surface area contributed by atoms with E-state index in [2.05, 4.69) is 5.32 Å². The molecule has 12 heavy (non-hydrogen) atoms. The van der Waals surface area contributed by atoms with E-state index in [1.54, 1.807) is 14.0 Å². The van der Waals surface area contributed by atoms with Crippen LogP contribution in [0.1, 0.15) is 33.6 Å². The van der Waals surface area contributed by atoms with Crippen LogP contribution in [0.25, 0.3) is 0 Å². The zero-order chi connectivity index (χ0) is 9.78. The first-order chi connectivity index (χ1) is 5.37. The summed E-state index contributed by atoms with van der Waals surface area (Å²) in [4.78, 5) is 21.8. The average molecular weight is 171 g/mol. The molecule has 0 aromatic rings. The first-order valence-corrected chi connectivity index (χ1v) is 4.07. The zero-order valence-electron chi connectivity index (χ0n) is 8.23. The molecule has 0 atom stereocenters. The number of hydrogen-bond donors (Lipinski definition) is 1. The highest BCUT2D eigenvalue weighted by Crippen LogP contribution is 2.24. The Morgan fingerprint density at radius 1 is 1.25 bits per heavy atom. The molecule has 1 amide bonds. The largest absolute Gasteiger partial charge is 0.359 e. The Labute approximate surface area is 73.5 Å². The summed E-state index contributed by atoms with van der Waals surface area (Å²) in [6.45, 7) is 5.39. The molecule has 0 aliphatic carbocycles. The molecule has 0 unspecified atom stereocenters. The van der Waals surface area contributed by atoms with Crippen molar-refractivity contribution in [1.82, 2.24) is 5.32 Å². The van der Waals surface area contributed by atoms with Crippen LogP contribution in [0.5, 0.6) is 0 Å². The van der Waals surface area contributed by atoms with E-state index in [9.17, 15) is 9.59 Å². The van der Waals surface area contributed by atoms with Gasteiger partial charge in [-0.05, 0) is 12.3 Å². The predicted octanol–water partition coefficient (Wildman–Crippen LogP) is 1.13. The van der Waals surface area contributed by atoms with Crippen molar-refractivity contribution < 1.29 is 9.59 Å². The van der Waals surface area contributed by atoms with Crippen LogP contribution in [0.4, 0.5) is 0 Å². The second-order valence-corrected chi connectivity index (χ2v) is 3.89. The maximum Gasteiger partial charge on any atom is 0.220 e. The number of ketones is 1. The number of carbonyl (C=O) groups excluding carboxylic acids is 2. The van der Waals surface area contributed by atoms with Gasteiger partial charge in [-0.1, -0.05) is 13.8 Å². The van der Waals surface area contributed by atoms with Gasteiger partial charge in [-0.25, -0.2) is 0 Å². The normalized spacial score (nSPS) is 11.0. The Bertz CT molecular complexity index is 185. The lowest BCUT2D eigenvalue weighted by Crippen LogP contribution is -2.27. The summed E-state index contributed by atoms with van der Waals surface area (Å²) in [5, 5.41) is 2.54. The molecule has 3 nitrogen and oxygen atoms in total. The summed E-state index contributed by atoms with van der Waals surface area (Å²) in [6, 6.07) is 0. The van der Waals surface area contributed by atoms with Crippen LogP contribution in [0.3, 0.4) is 0 Å². The van der Waals surface area contributed by atoms with E-state index in [0.29, 0.717) is 12.8 Å². The highest BCUT2D eigenvalue weighted by molar-refractivity contribution is 5.79. The molecule has 0 aromatic carbocycles. The van der Waals surface area contributed by atoms with Gasteiger partial charge in [0.2, 0.25) is 5.91 Å². The van der Waals surface area contributed by atoms with Crippen LogP contribution in [0, 0.1) is 5.41 Å². The SMILES string of the molecule is CNC(=O)CC(C)(C)CC(C)=O. The van der Waals surface area contributed by atoms with Crippen molar-refractivity contribution in [2.24, 2.45) is 5.41 Å². The van der Waals surface area contributed by atoms with Crippen molar-refractivity contribution in [1.29, 1.82) is 0 Å². The average Bonchev–Trinajstić information content (AvgIpc) is 1.83. The van der Waals surface area contributed by atoms with Crippen LogP contribution in [-0.2, 0) is 9.59 Å². The van der Waals surface area contributed by atoms with Gasteiger partial charge in [-0.2, -0.15) is 0 Å². The lowest BCUT2D eigenvalue weighted by Gasteiger charge is -2.21. The summed E-state index contributed by atoms with van der Waals surface area (Å²) in [6.07, 6.45) is 0.865. The molecule has 1 N–H and O–H groups in total. The summed E-state index contributed by atoms with van der Waals surface area (Å²) in [7, 11) is 1.60. The molecule has 0 aliphatic heterocycles. The molecule has 70 valence electrons. The molecule has 0 saturated carbocycles. The second-order valence-electron chi connectivity index (χ2n) is 3.89. The molecule has 0 saturated heterocycles. The molecule has 0 radical (unpaired) electrons. The molecule has 0 heterocycles. The number of Topliss-reactive ketones (excluding diaryl/α,β-unsaturated/α-hetero) is 1. The van der Waals surface area contributed by atoms with Crippen molar-refractivity contribution in [2.75, 3.05) is 7.05 Å². The topological polar surface area (TPSA) is 46.2 Å². The van der Waals surface area contributed by atoms with Crippen molar-refractivity contribution in [3.8, 4) is 0 Å². The minimum Gasteiger partial charge on any atom is -0.359 e. The fourth-order valence-electron chi connectivity index (χ4n) is 1.26. The summed E-state index contributed by atoms with van der Waals surface area (Å²) < 4.78 is 0. The monoisotopic (exact) mass is 171 g/mol. The minimum absolute atomic E-state index is 0.0127. The van der Waals surface area contributed by atoms with Crippen molar-refractivity contribution in [3.05, 3.63) is 0 Å². The van der Waals surface area contributed by atoms with Gasteiger partial charge in [0.1, 0.15) is 5.78 Å². The maximum atomic E-state index is 11.0. The zero-order valence-corrected chi connectivity index (χ0v) is 8.23. The minimum atomic E-state index is -0.216. The number of amides is 1. The van der Waals surface area contributed by atoms with E-state index in [0.717, 1.165) is 0 Å². The number of carbonyl (C=O) groups is 2. The summed E-state index contributed by atoms with van der Waals surface area (Å²) in [5.74, 6) is 0.116. The number of rotatable bonds is 4. The molecular formula is C9H17NO2. The van der Waals surface area contributed by atoms with Gasteiger partial charge in [-0.15, -0.1) is 0 Å².